The van der Waals surface area contributed by atoms with Gasteiger partial charge in [-0.2, -0.15) is 0 Å². The minimum absolute atomic E-state index is 0.154. The van der Waals surface area contributed by atoms with E-state index in [-0.39, 0.29) is 12.0 Å². The number of carbonyl (C=O) groups excluding carboxylic acids is 1. The topological polar surface area (TPSA) is 61.8 Å². The molecule has 0 saturated carbocycles. The van der Waals surface area contributed by atoms with E-state index in [0.717, 1.165) is 38.9 Å². The zero-order valence-corrected chi connectivity index (χ0v) is 15.3. The van der Waals surface area contributed by atoms with Crippen molar-refractivity contribution in [1.82, 2.24) is 10.2 Å². The lowest BCUT2D eigenvalue weighted by atomic mass is 10.1. The number of piperidine rings is 1. The van der Waals surface area contributed by atoms with Crippen LogP contribution < -0.4 is 10.1 Å². The molecule has 0 aliphatic carbocycles. The number of nitrogens with one attached hydrogen (secondary N) is 1. The average Bonchev–Trinajstić information content (AvgIpc) is 2.55. The van der Waals surface area contributed by atoms with Crippen molar-refractivity contribution >= 4 is 29.1 Å². The lowest BCUT2D eigenvalue weighted by Crippen LogP contribution is -2.39. The third-order valence-corrected chi connectivity index (χ3v) is 4.60. The summed E-state index contributed by atoms with van der Waals surface area (Å²) in [5.41, 5.74) is 0. The zero-order valence-electron chi connectivity index (χ0n) is 13.8. The monoisotopic (exact) mass is 374 g/mol. The van der Waals surface area contributed by atoms with Gasteiger partial charge >= 0.3 is 0 Å². The van der Waals surface area contributed by atoms with Gasteiger partial charge in [0.2, 0.25) is 0 Å². The van der Waals surface area contributed by atoms with Gasteiger partial charge < -0.3 is 20.1 Å². The van der Waals surface area contributed by atoms with E-state index < -0.39 is 6.10 Å². The van der Waals surface area contributed by atoms with Crippen LogP contribution in [0.4, 0.5) is 0 Å². The van der Waals surface area contributed by atoms with Crippen molar-refractivity contribution in [2.45, 2.75) is 38.4 Å². The van der Waals surface area contributed by atoms with Crippen LogP contribution in [0.3, 0.4) is 0 Å². The first-order chi connectivity index (χ1) is 11.5. The first-order valence-electron chi connectivity index (χ1n) is 8.25. The molecule has 0 spiro atoms. The molecule has 1 amide bonds. The van der Waals surface area contributed by atoms with Gasteiger partial charge in [0, 0.05) is 24.7 Å². The molecule has 1 unspecified atom stereocenters. The highest BCUT2D eigenvalue weighted by Crippen LogP contribution is 2.28. The number of amides is 1. The van der Waals surface area contributed by atoms with Crippen LogP contribution in [-0.4, -0.2) is 54.3 Å². The Labute approximate surface area is 152 Å². The van der Waals surface area contributed by atoms with Crippen LogP contribution in [0, 0.1) is 0 Å². The van der Waals surface area contributed by atoms with Gasteiger partial charge in [0.05, 0.1) is 11.1 Å². The molecular weight excluding hydrogens is 351 g/mol. The molecule has 1 aromatic rings. The number of aliphatic hydroxyl groups is 1. The average molecular weight is 375 g/mol. The summed E-state index contributed by atoms with van der Waals surface area (Å²) in [6.07, 6.45) is 1.75. The van der Waals surface area contributed by atoms with E-state index >= 15 is 0 Å². The molecule has 1 aliphatic heterocycles. The molecule has 1 atom stereocenters. The number of rotatable bonds is 7. The fourth-order valence-electron chi connectivity index (χ4n) is 2.62. The lowest BCUT2D eigenvalue weighted by Gasteiger charge is -2.29. The number of benzene rings is 1. The van der Waals surface area contributed by atoms with Gasteiger partial charge in [-0.05, 0) is 50.9 Å². The minimum atomic E-state index is -0.631. The summed E-state index contributed by atoms with van der Waals surface area (Å²) < 4.78 is 5.58. The molecule has 2 rings (SSSR count). The molecule has 0 bridgehead atoms. The molecule has 24 heavy (non-hydrogen) atoms. The Kier molecular flexibility index (Phi) is 7.62. The fourth-order valence-corrected chi connectivity index (χ4v) is 3.07. The van der Waals surface area contributed by atoms with E-state index in [0.29, 0.717) is 22.3 Å². The Morgan fingerprint density at radius 1 is 1.42 bits per heavy atom. The Bertz CT molecular complexity index is 549. The van der Waals surface area contributed by atoms with Crippen molar-refractivity contribution in [3.8, 4) is 5.75 Å². The highest BCUT2D eigenvalue weighted by Gasteiger charge is 2.18. The predicted octanol–water partition coefficient (Wildman–Crippen LogP) is 2.72. The molecule has 1 fully saturated rings. The number of nitrogens with zero attached hydrogens (tertiary/aromatic N) is 1. The first kappa shape index (κ1) is 19.3. The van der Waals surface area contributed by atoms with Gasteiger partial charge in [-0.25, -0.2) is 0 Å². The zero-order chi connectivity index (χ0) is 17.5. The van der Waals surface area contributed by atoms with Crippen molar-refractivity contribution < 1.29 is 14.6 Å². The normalized spacial score (nSPS) is 17.5. The molecule has 1 heterocycles. The van der Waals surface area contributed by atoms with Crippen molar-refractivity contribution in [3.05, 3.63) is 28.2 Å². The number of aliphatic hydroxyl groups excluding tert-OH is 1. The number of hydrogen-bond donors (Lipinski definition) is 2. The van der Waals surface area contributed by atoms with Gasteiger partial charge in [0.25, 0.3) is 5.91 Å². The quantitative estimate of drug-likeness (QED) is 0.720. The summed E-state index contributed by atoms with van der Waals surface area (Å²) in [7, 11) is 0. The highest BCUT2D eigenvalue weighted by atomic mass is 35.5. The van der Waals surface area contributed by atoms with Crippen LogP contribution >= 0.6 is 23.2 Å². The molecule has 0 aromatic heterocycles. The second-order valence-corrected chi connectivity index (χ2v) is 6.90. The van der Waals surface area contributed by atoms with Crippen molar-refractivity contribution in [3.63, 3.8) is 0 Å². The molecule has 2 N–H and O–H groups in total. The number of hydrogen-bond acceptors (Lipinski definition) is 4. The lowest BCUT2D eigenvalue weighted by molar-refractivity contribution is -0.127. The third kappa shape index (κ3) is 6.13. The largest absolute Gasteiger partial charge is 0.479 e. The second-order valence-electron chi connectivity index (χ2n) is 6.05. The standard InChI is InChI=1S/C17H24Cl2N2O3/c1-12(24-16-4-3-13(18)11-15(16)19)17(23)20-7-2-8-21-9-5-14(22)6-10-21/h3-4,11-12,14,22H,2,5-10H2,1H3,(H,20,23). The fraction of sp³-hybridized carbons (Fsp3) is 0.588. The predicted molar refractivity (Wildman–Crippen MR) is 95.9 cm³/mol. The van der Waals surface area contributed by atoms with Crippen LogP contribution in [-0.2, 0) is 4.79 Å². The molecule has 1 saturated heterocycles. The summed E-state index contributed by atoms with van der Waals surface area (Å²) in [6, 6.07) is 4.90. The van der Waals surface area contributed by atoms with Gasteiger partial charge in [-0.15, -0.1) is 0 Å². The second kappa shape index (κ2) is 9.47. The summed E-state index contributed by atoms with van der Waals surface area (Å²) in [5, 5.41) is 13.3. The number of halogens is 2. The molecule has 7 heteroatoms. The summed E-state index contributed by atoms with van der Waals surface area (Å²) >= 11 is 11.9. The molecule has 0 radical (unpaired) electrons. The molecule has 1 aliphatic rings. The molecule has 1 aromatic carbocycles. The van der Waals surface area contributed by atoms with Gasteiger partial charge in [-0.3, -0.25) is 4.79 Å². The van der Waals surface area contributed by atoms with E-state index in [9.17, 15) is 9.90 Å². The first-order valence-corrected chi connectivity index (χ1v) is 9.01. The maximum absolute atomic E-state index is 12.1. The van der Waals surface area contributed by atoms with Crippen LogP contribution in [0.2, 0.25) is 10.0 Å². The molecule has 134 valence electrons. The van der Waals surface area contributed by atoms with Crippen molar-refractivity contribution in [2.24, 2.45) is 0 Å². The Hall–Kier alpha value is -1.01. The third-order valence-electron chi connectivity index (χ3n) is 4.07. The minimum Gasteiger partial charge on any atom is -0.479 e. The van der Waals surface area contributed by atoms with Gasteiger partial charge in [-0.1, -0.05) is 23.2 Å². The van der Waals surface area contributed by atoms with Crippen LogP contribution in [0.25, 0.3) is 0 Å². The van der Waals surface area contributed by atoms with Crippen LogP contribution in [0.1, 0.15) is 26.2 Å². The maximum atomic E-state index is 12.1. The smallest absolute Gasteiger partial charge is 0.260 e. The number of carbonyl (C=O) groups is 1. The summed E-state index contributed by atoms with van der Waals surface area (Å²) in [6.45, 7) is 5.05. The number of likely N-dealkylation sites (tertiary alicyclic amines) is 1. The summed E-state index contributed by atoms with van der Waals surface area (Å²) in [5.74, 6) is 0.269. The van der Waals surface area contributed by atoms with E-state index in [4.69, 9.17) is 27.9 Å². The molecular formula is C17H24Cl2N2O3. The SMILES string of the molecule is CC(Oc1ccc(Cl)cc1Cl)C(=O)NCCCN1CCC(O)CC1. The van der Waals surface area contributed by atoms with Crippen molar-refractivity contribution in [1.29, 1.82) is 0 Å². The number of ether oxygens (including phenoxy) is 1. The van der Waals surface area contributed by atoms with E-state index in [1.165, 1.54) is 0 Å². The van der Waals surface area contributed by atoms with Crippen LogP contribution in [0.5, 0.6) is 5.75 Å². The Balaban J connectivity index is 1.66. The van der Waals surface area contributed by atoms with E-state index in [1.807, 2.05) is 0 Å². The van der Waals surface area contributed by atoms with E-state index in [1.54, 1.807) is 25.1 Å². The van der Waals surface area contributed by atoms with Crippen molar-refractivity contribution in [2.75, 3.05) is 26.2 Å². The molecule has 5 nitrogen and oxygen atoms in total. The Morgan fingerprint density at radius 2 is 2.12 bits per heavy atom. The summed E-state index contributed by atoms with van der Waals surface area (Å²) in [4.78, 5) is 14.4. The van der Waals surface area contributed by atoms with Crippen LogP contribution in [0.15, 0.2) is 18.2 Å². The van der Waals surface area contributed by atoms with Gasteiger partial charge in [0.1, 0.15) is 5.75 Å². The van der Waals surface area contributed by atoms with E-state index in [2.05, 4.69) is 10.2 Å². The Morgan fingerprint density at radius 3 is 2.79 bits per heavy atom. The maximum Gasteiger partial charge on any atom is 0.260 e. The highest BCUT2D eigenvalue weighted by molar-refractivity contribution is 6.35. The van der Waals surface area contributed by atoms with Gasteiger partial charge in [0.15, 0.2) is 6.10 Å².